The summed E-state index contributed by atoms with van der Waals surface area (Å²) in [5.41, 5.74) is 0.0432. The molecule has 0 aromatic carbocycles. The maximum atomic E-state index is 12.1. The Kier molecular flexibility index (Phi) is 4.46. The van der Waals surface area contributed by atoms with Crippen LogP contribution in [0.5, 0.6) is 0 Å². The lowest BCUT2D eigenvalue weighted by Gasteiger charge is -2.38. The van der Waals surface area contributed by atoms with Gasteiger partial charge < -0.3 is 15.4 Å². The van der Waals surface area contributed by atoms with Crippen LogP contribution in [0.4, 0.5) is 4.79 Å². The number of urea groups is 1. The molecule has 0 bridgehead atoms. The summed E-state index contributed by atoms with van der Waals surface area (Å²) in [7, 11) is 0. The quantitative estimate of drug-likeness (QED) is 0.823. The Morgan fingerprint density at radius 1 is 1.30 bits per heavy atom. The highest BCUT2D eigenvalue weighted by Gasteiger charge is 2.41. The molecule has 4 atom stereocenters. The summed E-state index contributed by atoms with van der Waals surface area (Å²) in [6.45, 7) is 3.02. The van der Waals surface area contributed by atoms with Gasteiger partial charge in [-0.3, -0.25) is 0 Å². The maximum Gasteiger partial charge on any atom is 0.315 e. The summed E-state index contributed by atoms with van der Waals surface area (Å²) >= 11 is 1.97. The molecule has 4 unspecified atom stereocenters. The topological polar surface area (TPSA) is 50.4 Å². The van der Waals surface area contributed by atoms with Crippen molar-refractivity contribution in [2.45, 2.75) is 63.1 Å². The first-order valence-corrected chi connectivity index (χ1v) is 9.11. The third-order valence-electron chi connectivity index (χ3n) is 5.07. The van der Waals surface area contributed by atoms with Crippen LogP contribution >= 0.6 is 11.8 Å². The Morgan fingerprint density at radius 2 is 2.20 bits per heavy atom. The molecule has 2 saturated heterocycles. The van der Waals surface area contributed by atoms with Gasteiger partial charge in [0.25, 0.3) is 0 Å². The molecule has 0 aromatic rings. The largest absolute Gasteiger partial charge is 0.374 e. The smallest absolute Gasteiger partial charge is 0.315 e. The highest BCUT2D eigenvalue weighted by atomic mass is 32.2. The van der Waals surface area contributed by atoms with Crippen LogP contribution in [0.2, 0.25) is 0 Å². The average molecular weight is 298 g/mol. The predicted molar refractivity (Wildman–Crippen MR) is 82.1 cm³/mol. The van der Waals surface area contributed by atoms with Crippen LogP contribution in [0.1, 0.15) is 45.4 Å². The van der Waals surface area contributed by atoms with Crippen LogP contribution in [0.15, 0.2) is 0 Å². The van der Waals surface area contributed by atoms with Crippen molar-refractivity contribution in [2.75, 3.05) is 18.1 Å². The van der Waals surface area contributed by atoms with Gasteiger partial charge in [0, 0.05) is 24.4 Å². The number of thioether (sulfide) groups is 1. The maximum absolute atomic E-state index is 12.1. The highest BCUT2D eigenvalue weighted by Crippen LogP contribution is 2.38. The van der Waals surface area contributed by atoms with E-state index in [-0.39, 0.29) is 17.7 Å². The zero-order valence-electron chi connectivity index (χ0n) is 12.3. The van der Waals surface area contributed by atoms with Gasteiger partial charge in [-0.1, -0.05) is 13.3 Å². The normalized spacial score (nSPS) is 41.0. The molecule has 0 radical (unpaired) electrons. The van der Waals surface area contributed by atoms with Crippen molar-refractivity contribution >= 4 is 17.8 Å². The van der Waals surface area contributed by atoms with E-state index in [1.807, 2.05) is 11.8 Å². The lowest BCUT2D eigenvalue weighted by Crippen LogP contribution is -2.52. The van der Waals surface area contributed by atoms with E-state index in [1.54, 1.807) is 0 Å². The summed E-state index contributed by atoms with van der Waals surface area (Å²) in [5, 5.41) is 6.34. The van der Waals surface area contributed by atoms with E-state index in [0.29, 0.717) is 12.0 Å². The van der Waals surface area contributed by atoms with E-state index in [0.717, 1.165) is 38.0 Å². The van der Waals surface area contributed by atoms with E-state index in [4.69, 9.17) is 4.74 Å². The lowest BCUT2D eigenvalue weighted by molar-refractivity contribution is -0.0684. The van der Waals surface area contributed by atoms with E-state index >= 15 is 0 Å². The summed E-state index contributed by atoms with van der Waals surface area (Å²) in [6.07, 6.45) is 6.67. The molecule has 2 amide bonds. The second kappa shape index (κ2) is 6.14. The third-order valence-corrected chi connectivity index (χ3v) is 6.30. The lowest BCUT2D eigenvalue weighted by atomic mass is 9.90. The van der Waals surface area contributed by atoms with Gasteiger partial charge in [-0.2, -0.15) is 11.8 Å². The molecular formula is C15H26N2O2S. The standard InChI is InChI=1S/C15H26N2O2S/c1-11-3-2-4-13(11)17-14(18)16-12-5-7-19-15(9-12)6-8-20-10-15/h11-13H,2-10H2,1H3,(H2,16,17,18). The minimum Gasteiger partial charge on any atom is -0.374 e. The van der Waals surface area contributed by atoms with Gasteiger partial charge in [0.05, 0.1) is 5.60 Å². The Bertz CT molecular complexity index is 358. The molecule has 1 saturated carbocycles. The van der Waals surface area contributed by atoms with Crippen LogP contribution in [-0.2, 0) is 4.74 Å². The van der Waals surface area contributed by atoms with E-state index in [9.17, 15) is 4.79 Å². The fraction of sp³-hybridized carbons (Fsp3) is 0.933. The molecule has 2 heterocycles. The molecule has 3 rings (SSSR count). The number of rotatable bonds is 2. The molecule has 1 aliphatic carbocycles. The van der Waals surface area contributed by atoms with E-state index < -0.39 is 0 Å². The molecule has 2 N–H and O–H groups in total. The van der Waals surface area contributed by atoms with Gasteiger partial charge >= 0.3 is 6.03 Å². The SMILES string of the molecule is CC1CCCC1NC(=O)NC1CCOC2(CCSC2)C1. The summed E-state index contributed by atoms with van der Waals surface area (Å²) in [4.78, 5) is 12.1. The summed E-state index contributed by atoms with van der Waals surface area (Å²) in [6, 6.07) is 0.668. The van der Waals surface area contributed by atoms with Crippen LogP contribution in [0, 0.1) is 5.92 Å². The number of nitrogens with one attached hydrogen (secondary N) is 2. The number of carbonyl (C=O) groups excluding carboxylic acids is 1. The fourth-order valence-electron chi connectivity index (χ4n) is 3.77. The van der Waals surface area contributed by atoms with Crippen molar-refractivity contribution in [2.24, 2.45) is 5.92 Å². The van der Waals surface area contributed by atoms with E-state index in [1.165, 1.54) is 18.6 Å². The highest BCUT2D eigenvalue weighted by molar-refractivity contribution is 7.99. The molecule has 4 nitrogen and oxygen atoms in total. The molecule has 114 valence electrons. The Morgan fingerprint density at radius 3 is 2.90 bits per heavy atom. The molecule has 3 fully saturated rings. The van der Waals surface area contributed by atoms with Gasteiger partial charge in [-0.25, -0.2) is 4.79 Å². The molecule has 5 heteroatoms. The van der Waals surface area contributed by atoms with Gasteiger partial charge in [0.1, 0.15) is 0 Å². The first kappa shape index (κ1) is 14.5. The number of hydrogen-bond donors (Lipinski definition) is 2. The molecular weight excluding hydrogens is 272 g/mol. The van der Waals surface area contributed by atoms with Crippen LogP contribution < -0.4 is 10.6 Å². The predicted octanol–water partition coefficient (Wildman–Crippen LogP) is 2.53. The minimum absolute atomic E-state index is 0.0245. The third kappa shape index (κ3) is 3.25. The fourth-order valence-corrected chi connectivity index (χ4v) is 5.15. The van der Waals surface area contributed by atoms with E-state index in [2.05, 4.69) is 17.6 Å². The van der Waals surface area contributed by atoms with Gasteiger partial charge in [-0.05, 0) is 43.8 Å². The Labute approximate surface area is 125 Å². The Hall–Kier alpha value is -0.420. The van der Waals surface area contributed by atoms with Gasteiger partial charge in [-0.15, -0.1) is 0 Å². The monoisotopic (exact) mass is 298 g/mol. The summed E-state index contributed by atoms with van der Waals surface area (Å²) < 4.78 is 6.00. The van der Waals surface area contributed by atoms with Crippen molar-refractivity contribution in [3.05, 3.63) is 0 Å². The van der Waals surface area contributed by atoms with Crippen molar-refractivity contribution in [3.63, 3.8) is 0 Å². The van der Waals surface area contributed by atoms with Gasteiger partial charge in [0.2, 0.25) is 0 Å². The van der Waals surface area contributed by atoms with Crippen LogP contribution in [0.25, 0.3) is 0 Å². The average Bonchev–Trinajstić information content (AvgIpc) is 3.00. The first-order valence-electron chi connectivity index (χ1n) is 7.96. The van der Waals surface area contributed by atoms with Crippen molar-refractivity contribution in [1.82, 2.24) is 10.6 Å². The zero-order valence-corrected chi connectivity index (χ0v) is 13.1. The zero-order chi connectivity index (χ0) is 14.0. The molecule has 0 aromatic heterocycles. The van der Waals surface area contributed by atoms with Gasteiger partial charge in [0.15, 0.2) is 0 Å². The van der Waals surface area contributed by atoms with Crippen molar-refractivity contribution in [1.29, 1.82) is 0 Å². The van der Waals surface area contributed by atoms with Crippen molar-refractivity contribution < 1.29 is 9.53 Å². The first-order chi connectivity index (χ1) is 9.67. The number of ether oxygens (including phenoxy) is 1. The second-order valence-electron chi connectivity index (χ2n) is 6.66. The summed E-state index contributed by atoms with van der Waals surface area (Å²) in [5.74, 6) is 2.90. The Balaban J connectivity index is 1.48. The molecule has 3 aliphatic rings. The minimum atomic E-state index is 0.0245. The van der Waals surface area contributed by atoms with Crippen molar-refractivity contribution in [3.8, 4) is 0 Å². The van der Waals surface area contributed by atoms with Crippen LogP contribution in [-0.4, -0.2) is 41.8 Å². The number of carbonyl (C=O) groups is 1. The second-order valence-corrected chi connectivity index (χ2v) is 7.76. The molecule has 2 aliphatic heterocycles. The number of amides is 2. The van der Waals surface area contributed by atoms with Crippen LogP contribution in [0.3, 0.4) is 0 Å². The molecule has 20 heavy (non-hydrogen) atoms. The number of hydrogen-bond acceptors (Lipinski definition) is 3. The molecule has 1 spiro atoms.